The monoisotopic (exact) mass is 496 g/mol. The van der Waals surface area contributed by atoms with Crippen molar-refractivity contribution in [2.24, 2.45) is 0 Å². The van der Waals surface area contributed by atoms with Crippen molar-refractivity contribution < 1.29 is 37.4 Å². The minimum Gasteiger partial charge on any atom is -0.418 e. The van der Waals surface area contributed by atoms with Crippen molar-refractivity contribution in [1.29, 1.82) is 0 Å². The Balaban J connectivity index is 0. The molecule has 128 valence electrons. The first kappa shape index (κ1) is 23.7. The van der Waals surface area contributed by atoms with Crippen molar-refractivity contribution in [3.63, 3.8) is 0 Å². The predicted molar refractivity (Wildman–Crippen MR) is 83.7 cm³/mol. The fourth-order valence-electron chi connectivity index (χ4n) is 1.71. The maximum absolute atomic E-state index is 9.75. The first-order valence-corrected chi connectivity index (χ1v) is 7.47. The van der Waals surface area contributed by atoms with Crippen molar-refractivity contribution in [2.75, 3.05) is 0 Å². The molecule has 6 heteroatoms. The number of hydrogen-bond donors (Lipinski definition) is 0. The summed E-state index contributed by atoms with van der Waals surface area (Å²) in [7, 11) is -6.00. The molecule has 0 nitrogen and oxygen atoms in total. The van der Waals surface area contributed by atoms with Crippen LogP contribution in [-0.4, -0.2) is 7.25 Å². The van der Waals surface area contributed by atoms with Crippen molar-refractivity contribution in [1.82, 2.24) is 0 Å². The van der Waals surface area contributed by atoms with Crippen LogP contribution in [0.25, 0.3) is 0 Å². The zero-order chi connectivity index (χ0) is 15.8. The number of halogens is 4. The fraction of sp³-hybridized carbons (Fsp3) is 0.500. The second-order valence-corrected chi connectivity index (χ2v) is 4.69. The molecule has 0 aromatic heterocycles. The number of hydrogen-bond acceptors (Lipinski definition) is 0. The molecule has 0 aromatic carbocycles. The predicted octanol–water partition coefficient (Wildman–Crippen LogP) is 6.64. The normalized spacial score (nSPS) is 23.1. The molecule has 0 fully saturated rings. The third kappa shape index (κ3) is 27.7. The van der Waals surface area contributed by atoms with E-state index in [-0.39, 0.29) is 20.1 Å². The standard InChI is InChI=1S/2C8H12.BF4.Ir/c2*1-2-4-6-8-7-5-3-1;2-1(3,4)5;/h2*1-2,7-8H,3-6H2;;/q;;-1;+1/b2*2-1-,8-7-;;. The molecule has 0 amide bonds. The van der Waals surface area contributed by atoms with E-state index < -0.39 is 7.25 Å². The van der Waals surface area contributed by atoms with Crippen LogP contribution in [0.4, 0.5) is 17.3 Å². The van der Waals surface area contributed by atoms with Gasteiger partial charge in [-0.1, -0.05) is 48.6 Å². The first-order valence-electron chi connectivity index (χ1n) is 7.47. The van der Waals surface area contributed by atoms with Crippen LogP contribution in [0.3, 0.4) is 0 Å². The molecule has 0 aromatic rings. The smallest absolute Gasteiger partial charge is 0.418 e. The van der Waals surface area contributed by atoms with Gasteiger partial charge in [-0.25, -0.2) is 0 Å². The summed E-state index contributed by atoms with van der Waals surface area (Å²) in [6.45, 7) is 0. The molecule has 22 heavy (non-hydrogen) atoms. The van der Waals surface area contributed by atoms with Crippen LogP contribution in [-0.2, 0) is 20.1 Å². The van der Waals surface area contributed by atoms with Gasteiger partial charge >= 0.3 is 27.4 Å². The van der Waals surface area contributed by atoms with Crippen LogP contribution >= 0.6 is 0 Å². The molecule has 0 radical (unpaired) electrons. The SMILES string of the molecule is C1=C\CC/C=C\CC/1.C1=C\CC/C=C\CC/1.F[B-](F)(F)F.[Ir+]. The Hall–Kier alpha value is -0.606. The van der Waals surface area contributed by atoms with Gasteiger partial charge < -0.3 is 17.3 Å². The van der Waals surface area contributed by atoms with Gasteiger partial charge in [-0.05, 0) is 51.4 Å². The van der Waals surface area contributed by atoms with Crippen LogP contribution in [0, 0.1) is 0 Å². The average molecular weight is 495 g/mol. The molecule has 0 saturated carbocycles. The Labute approximate surface area is 144 Å². The van der Waals surface area contributed by atoms with Gasteiger partial charge in [-0.2, -0.15) is 0 Å². The summed E-state index contributed by atoms with van der Waals surface area (Å²) in [5.41, 5.74) is 0. The Bertz CT molecular complexity index is 261. The van der Waals surface area contributed by atoms with E-state index in [1.165, 1.54) is 51.4 Å². The van der Waals surface area contributed by atoms with Crippen LogP contribution in [0.5, 0.6) is 0 Å². The molecule has 0 aliphatic heterocycles. The average Bonchev–Trinajstić information content (AvgIpc) is 2.24. The second kappa shape index (κ2) is 16.8. The second-order valence-electron chi connectivity index (χ2n) is 4.69. The van der Waals surface area contributed by atoms with E-state index in [0.29, 0.717) is 0 Å². The molecule has 0 heterocycles. The summed E-state index contributed by atoms with van der Waals surface area (Å²) in [5, 5.41) is 0. The fourth-order valence-corrected chi connectivity index (χ4v) is 1.71. The summed E-state index contributed by atoms with van der Waals surface area (Å²) >= 11 is 0. The summed E-state index contributed by atoms with van der Waals surface area (Å²) in [4.78, 5) is 0. The van der Waals surface area contributed by atoms with Crippen molar-refractivity contribution >= 4 is 7.25 Å². The van der Waals surface area contributed by atoms with Gasteiger partial charge in [0, 0.05) is 0 Å². The molecule has 2 aliphatic carbocycles. The maximum Gasteiger partial charge on any atom is 1.00 e. The molecular formula is C16H24BF4Ir. The Kier molecular flexibility index (Phi) is 18.0. The maximum atomic E-state index is 9.75. The van der Waals surface area contributed by atoms with E-state index in [9.17, 15) is 17.3 Å². The molecule has 2 rings (SSSR count). The third-order valence-electron chi connectivity index (χ3n) is 2.67. The van der Waals surface area contributed by atoms with Gasteiger partial charge in [0.2, 0.25) is 0 Å². The molecule has 0 bridgehead atoms. The molecular weight excluding hydrogens is 471 g/mol. The quantitative estimate of drug-likeness (QED) is 0.201. The molecule has 0 atom stereocenters. The van der Waals surface area contributed by atoms with E-state index in [2.05, 4.69) is 48.6 Å². The minimum absolute atomic E-state index is 0. The van der Waals surface area contributed by atoms with Crippen LogP contribution < -0.4 is 0 Å². The van der Waals surface area contributed by atoms with E-state index in [4.69, 9.17) is 0 Å². The zero-order valence-corrected chi connectivity index (χ0v) is 15.1. The van der Waals surface area contributed by atoms with Crippen molar-refractivity contribution in [2.45, 2.75) is 51.4 Å². The van der Waals surface area contributed by atoms with Gasteiger partial charge in [0.05, 0.1) is 0 Å². The molecule has 0 N–H and O–H groups in total. The molecule has 0 spiro atoms. The topological polar surface area (TPSA) is 0 Å². The Morgan fingerprint density at radius 2 is 0.500 bits per heavy atom. The summed E-state index contributed by atoms with van der Waals surface area (Å²) in [6, 6.07) is 0. The Morgan fingerprint density at radius 3 is 0.591 bits per heavy atom. The van der Waals surface area contributed by atoms with E-state index in [0.717, 1.165) is 0 Å². The zero-order valence-electron chi connectivity index (χ0n) is 12.7. The van der Waals surface area contributed by atoms with Crippen molar-refractivity contribution in [3.05, 3.63) is 48.6 Å². The third-order valence-corrected chi connectivity index (χ3v) is 2.67. The number of allylic oxidation sites excluding steroid dienone is 8. The molecule has 0 saturated heterocycles. The van der Waals surface area contributed by atoms with Gasteiger partial charge in [0.1, 0.15) is 0 Å². The molecule has 0 unspecified atom stereocenters. The largest absolute Gasteiger partial charge is 1.00 e. The van der Waals surface area contributed by atoms with E-state index >= 15 is 0 Å². The summed E-state index contributed by atoms with van der Waals surface area (Å²) in [5.74, 6) is 0. The summed E-state index contributed by atoms with van der Waals surface area (Å²) in [6.07, 6.45) is 28.0. The van der Waals surface area contributed by atoms with Crippen molar-refractivity contribution in [3.8, 4) is 0 Å². The summed E-state index contributed by atoms with van der Waals surface area (Å²) < 4.78 is 39.0. The van der Waals surface area contributed by atoms with E-state index in [1.54, 1.807) is 0 Å². The van der Waals surface area contributed by atoms with Crippen LogP contribution in [0.2, 0.25) is 0 Å². The van der Waals surface area contributed by atoms with Gasteiger partial charge in [0.15, 0.2) is 0 Å². The molecule has 2 aliphatic rings. The van der Waals surface area contributed by atoms with Crippen LogP contribution in [0.15, 0.2) is 48.6 Å². The van der Waals surface area contributed by atoms with E-state index in [1.807, 2.05) is 0 Å². The minimum atomic E-state index is -6.00. The Morgan fingerprint density at radius 1 is 0.409 bits per heavy atom. The van der Waals surface area contributed by atoms with Gasteiger partial charge in [-0.15, -0.1) is 0 Å². The van der Waals surface area contributed by atoms with Crippen LogP contribution in [0.1, 0.15) is 51.4 Å². The first-order chi connectivity index (χ1) is 10.0. The number of rotatable bonds is 0. The van der Waals surface area contributed by atoms with Gasteiger partial charge in [-0.3, -0.25) is 0 Å². The van der Waals surface area contributed by atoms with Gasteiger partial charge in [0.25, 0.3) is 0 Å².